The maximum absolute atomic E-state index is 14.1. The van der Waals surface area contributed by atoms with E-state index in [1.54, 1.807) is 61.5 Å². The normalized spacial score (nSPS) is 25.9. The molecule has 1 fully saturated rings. The number of carbonyl (C=O) groups is 5. The molecule has 1 N–H and O–H groups in total. The number of methoxy groups -OCH3 is 4. The summed E-state index contributed by atoms with van der Waals surface area (Å²) in [6.45, 7) is 1.61. The molecule has 11 nitrogen and oxygen atoms in total. The molecule has 1 unspecified atom stereocenters. The maximum atomic E-state index is 14.1. The van der Waals surface area contributed by atoms with E-state index < -0.39 is 70.8 Å². The number of ether oxygens (including phenoxy) is 5. The average molecular weight is 641 g/mol. The average Bonchev–Trinajstić information content (AvgIpc) is 3.03. The Morgan fingerprint density at radius 3 is 1.96 bits per heavy atom. The summed E-state index contributed by atoms with van der Waals surface area (Å²) >= 11 is 6.04. The van der Waals surface area contributed by atoms with E-state index >= 15 is 0 Å². The molecule has 4 rings (SSSR count). The van der Waals surface area contributed by atoms with Gasteiger partial charge >= 0.3 is 29.8 Å². The third-order valence-corrected chi connectivity index (χ3v) is 8.65. The first-order valence-corrected chi connectivity index (χ1v) is 14.3. The van der Waals surface area contributed by atoms with Crippen LogP contribution in [-0.4, -0.2) is 69.0 Å². The Morgan fingerprint density at radius 2 is 1.40 bits per heavy atom. The van der Waals surface area contributed by atoms with E-state index in [9.17, 15) is 29.1 Å². The van der Waals surface area contributed by atoms with Crippen molar-refractivity contribution in [2.75, 3.05) is 28.4 Å². The van der Waals surface area contributed by atoms with Crippen LogP contribution >= 0.6 is 11.6 Å². The molecule has 45 heavy (non-hydrogen) atoms. The zero-order valence-corrected chi connectivity index (χ0v) is 26.0. The van der Waals surface area contributed by atoms with Crippen molar-refractivity contribution in [3.8, 4) is 0 Å². The minimum absolute atomic E-state index is 0.0170. The second kappa shape index (κ2) is 13.7. The van der Waals surface area contributed by atoms with E-state index in [-0.39, 0.29) is 17.6 Å². The Balaban J connectivity index is 2.00. The van der Waals surface area contributed by atoms with Crippen molar-refractivity contribution in [1.82, 2.24) is 0 Å². The standard InChI is InChI=1S/C33H33ClO11/c1-17-15-22-23(29(36)41-2)27(26(32(39)44-5)33(40,24(17)30(37)42-3)25(22)31(38)43-4)45-28(35)21(19-9-7-6-8-10-19)16-18-11-13-20(34)14-12-18/h6-14,16-17,22,24-26,40H,15H2,1-5H3/t17-,22+,24-,25-,26?,33-/m1/s1. The molecule has 0 amide bonds. The van der Waals surface area contributed by atoms with Crippen molar-refractivity contribution in [2.45, 2.75) is 18.9 Å². The van der Waals surface area contributed by atoms with Crippen LogP contribution in [0.15, 0.2) is 65.9 Å². The molecule has 1 saturated carbocycles. The Labute approximate surface area is 264 Å². The lowest BCUT2D eigenvalue weighted by atomic mass is 9.50. The molecule has 0 heterocycles. The number of carbonyl (C=O) groups excluding carboxylic acids is 5. The molecule has 0 saturated heterocycles. The maximum Gasteiger partial charge on any atom is 0.343 e. The summed E-state index contributed by atoms with van der Waals surface area (Å²) in [5, 5.41) is 13.0. The zero-order chi connectivity index (χ0) is 33.1. The number of hydrogen-bond acceptors (Lipinski definition) is 11. The quantitative estimate of drug-likeness (QED) is 0.195. The minimum Gasteiger partial charge on any atom is -0.469 e. The van der Waals surface area contributed by atoms with Crippen LogP contribution in [0.2, 0.25) is 5.02 Å². The molecule has 2 aliphatic carbocycles. The summed E-state index contributed by atoms with van der Waals surface area (Å²) in [6, 6.07) is 15.1. The fraction of sp³-hybridized carbons (Fsp3) is 0.364. The lowest BCUT2D eigenvalue weighted by molar-refractivity contribution is -0.212. The van der Waals surface area contributed by atoms with E-state index in [4.69, 9.17) is 35.3 Å². The highest BCUT2D eigenvalue weighted by atomic mass is 35.5. The van der Waals surface area contributed by atoms with Crippen molar-refractivity contribution in [3.63, 3.8) is 0 Å². The van der Waals surface area contributed by atoms with Gasteiger partial charge in [0.25, 0.3) is 0 Å². The van der Waals surface area contributed by atoms with Crippen LogP contribution in [-0.2, 0) is 47.7 Å². The number of rotatable bonds is 8. The molecule has 0 aromatic heterocycles. The molecule has 2 bridgehead atoms. The van der Waals surface area contributed by atoms with Gasteiger partial charge in [0.15, 0.2) is 0 Å². The third-order valence-electron chi connectivity index (χ3n) is 8.40. The van der Waals surface area contributed by atoms with Crippen molar-refractivity contribution >= 4 is 53.1 Å². The predicted octanol–water partition coefficient (Wildman–Crippen LogP) is 3.62. The van der Waals surface area contributed by atoms with Crippen LogP contribution in [0, 0.1) is 29.6 Å². The van der Waals surface area contributed by atoms with Crippen molar-refractivity contribution in [2.24, 2.45) is 29.6 Å². The van der Waals surface area contributed by atoms with Crippen LogP contribution in [0.25, 0.3) is 11.6 Å². The summed E-state index contributed by atoms with van der Waals surface area (Å²) in [6.07, 6.45) is 1.49. The molecule has 2 aliphatic rings. The second-order valence-electron chi connectivity index (χ2n) is 10.8. The number of halogens is 1. The molecule has 0 radical (unpaired) electrons. The lowest BCUT2D eigenvalue weighted by Crippen LogP contribution is -2.68. The summed E-state index contributed by atoms with van der Waals surface area (Å²) in [5.74, 6) is -12.8. The second-order valence-corrected chi connectivity index (χ2v) is 11.2. The van der Waals surface area contributed by atoms with Gasteiger partial charge in [0.05, 0.1) is 51.4 Å². The highest BCUT2D eigenvalue weighted by Gasteiger charge is 2.71. The van der Waals surface area contributed by atoms with Crippen molar-refractivity contribution < 1.29 is 52.8 Å². The molecule has 0 spiro atoms. The van der Waals surface area contributed by atoms with E-state index in [0.717, 1.165) is 28.4 Å². The SMILES string of the molecule is COC(=O)C1=C(OC(=O)C(=Cc2ccc(Cl)cc2)c2ccccc2)C(C(=O)OC)[C@@]2(O)[C@@H](C(=O)OC)[C@H](C)C[C@@H]1[C@@H]2C(=O)OC. The topological polar surface area (TPSA) is 152 Å². The van der Waals surface area contributed by atoms with Crippen LogP contribution in [0.1, 0.15) is 24.5 Å². The van der Waals surface area contributed by atoms with Crippen LogP contribution in [0.4, 0.5) is 0 Å². The van der Waals surface area contributed by atoms with Gasteiger partial charge in [0.2, 0.25) is 0 Å². The molecular weight excluding hydrogens is 608 g/mol. The fourth-order valence-electron chi connectivity index (χ4n) is 6.51. The van der Waals surface area contributed by atoms with Gasteiger partial charge in [-0.25, -0.2) is 9.59 Å². The van der Waals surface area contributed by atoms with Crippen LogP contribution < -0.4 is 0 Å². The number of hydrogen-bond donors (Lipinski definition) is 1. The number of aliphatic hydroxyl groups is 1. The zero-order valence-electron chi connectivity index (χ0n) is 25.3. The third kappa shape index (κ3) is 6.10. The number of fused-ring (bicyclic) bond motifs is 2. The van der Waals surface area contributed by atoms with E-state index in [1.165, 1.54) is 6.08 Å². The Kier molecular flexibility index (Phi) is 10.1. The van der Waals surface area contributed by atoms with Gasteiger partial charge in [-0.2, -0.15) is 0 Å². The summed E-state index contributed by atoms with van der Waals surface area (Å²) in [5.41, 5.74) is -1.92. The van der Waals surface area contributed by atoms with E-state index in [2.05, 4.69) is 0 Å². The van der Waals surface area contributed by atoms with Crippen LogP contribution in [0.3, 0.4) is 0 Å². The Bertz CT molecular complexity index is 1550. The van der Waals surface area contributed by atoms with Crippen LogP contribution in [0.5, 0.6) is 0 Å². The summed E-state index contributed by atoms with van der Waals surface area (Å²) in [4.78, 5) is 67.7. The first-order valence-electron chi connectivity index (χ1n) is 14.0. The Morgan fingerprint density at radius 1 is 0.822 bits per heavy atom. The van der Waals surface area contributed by atoms with Gasteiger partial charge in [0, 0.05) is 10.9 Å². The Hall–Kier alpha value is -4.48. The first-order chi connectivity index (χ1) is 21.4. The lowest BCUT2D eigenvalue weighted by Gasteiger charge is -2.55. The molecule has 6 atom stereocenters. The first kappa shape index (κ1) is 33.4. The van der Waals surface area contributed by atoms with Gasteiger partial charge < -0.3 is 28.8 Å². The van der Waals surface area contributed by atoms with Crippen molar-refractivity contribution in [1.29, 1.82) is 0 Å². The molecule has 2 aromatic carbocycles. The van der Waals surface area contributed by atoms with Gasteiger partial charge in [-0.1, -0.05) is 61.0 Å². The van der Waals surface area contributed by atoms with E-state index in [1.807, 2.05) is 0 Å². The summed E-state index contributed by atoms with van der Waals surface area (Å²) in [7, 11) is 4.25. The monoisotopic (exact) mass is 640 g/mol. The van der Waals surface area contributed by atoms with Gasteiger partial charge in [-0.05, 0) is 41.7 Å². The van der Waals surface area contributed by atoms with E-state index in [0.29, 0.717) is 16.1 Å². The van der Waals surface area contributed by atoms with Crippen molar-refractivity contribution in [3.05, 3.63) is 82.1 Å². The van der Waals surface area contributed by atoms with Gasteiger partial charge in [-0.3, -0.25) is 14.4 Å². The molecule has 238 valence electrons. The number of esters is 5. The highest BCUT2D eigenvalue weighted by molar-refractivity contribution is 6.30. The summed E-state index contributed by atoms with van der Waals surface area (Å²) < 4.78 is 26.0. The van der Waals surface area contributed by atoms with Gasteiger partial charge in [-0.15, -0.1) is 0 Å². The molecule has 0 aliphatic heterocycles. The smallest absolute Gasteiger partial charge is 0.343 e. The molecule has 12 heteroatoms. The highest BCUT2D eigenvalue weighted by Crippen LogP contribution is 2.58. The number of benzene rings is 2. The largest absolute Gasteiger partial charge is 0.469 e. The fourth-order valence-corrected chi connectivity index (χ4v) is 6.64. The minimum atomic E-state index is -2.60. The predicted molar refractivity (Wildman–Crippen MR) is 160 cm³/mol. The van der Waals surface area contributed by atoms with Gasteiger partial charge in [0.1, 0.15) is 17.3 Å². The molecule has 2 aromatic rings. The molecular formula is C33H33ClO11.